The predicted molar refractivity (Wildman–Crippen MR) is 97.6 cm³/mol. The van der Waals surface area contributed by atoms with Crippen LogP contribution in [0, 0.1) is 13.8 Å². The van der Waals surface area contributed by atoms with Crippen LogP contribution in [0.15, 0.2) is 18.2 Å². The summed E-state index contributed by atoms with van der Waals surface area (Å²) in [4.78, 5) is 51.3. The highest BCUT2D eigenvalue weighted by molar-refractivity contribution is 5.99. The van der Waals surface area contributed by atoms with Crippen LogP contribution in [0.4, 0.5) is 4.79 Å². The first-order chi connectivity index (χ1) is 12.8. The van der Waals surface area contributed by atoms with E-state index in [1.54, 1.807) is 4.90 Å². The second-order valence-electron chi connectivity index (χ2n) is 7.11. The van der Waals surface area contributed by atoms with Crippen LogP contribution in [-0.2, 0) is 20.9 Å². The molecular formula is C19H24N4O4. The van der Waals surface area contributed by atoms with Crippen molar-refractivity contribution >= 4 is 23.8 Å². The zero-order chi connectivity index (χ0) is 19.6. The van der Waals surface area contributed by atoms with Crippen molar-refractivity contribution in [1.29, 1.82) is 0 Å². The quantitative estimate of drug-likeness (QED) is 0.805. The summed E-state index contributed by atoms with van der Waals surface area (Å²) in [5.74, 6) is -0.849. The maximum atomic E-state index is 12.7. The summed E-state index contributed by atoms with van der Waals surface area (Å²) in [6.45, 7) is 5.43. The molecule has 2 N–H and O–H groups in total. The van der Waals surface area contributed by atoms with E-state index in [0.717, 1.165) is 5.56 Å². The molecular weight excluding hydrogens is 348 g/mol. The van der Waals surface area contributed by atoms with E-state index < -0.39 is 18.0 Å². The SMILES string of the molecule is Cc1ccc(CN2CCN(C(=O)[C@@H]3CCC(=O)NC(=O)N3)CC2=O)cc1C. The van der Waals surface area contributed by atoms with Crippen molar-refractivity contribution in [3.05, 3.63) is 34.9 Å². The molecule has 8 heteroatoms. The lowest BCUT2D eigenvalue weighted by Gasteiger charge is -2.36. The molecule has 0 radical (unpaired) electrons. The van der Waals surface area contributed by atoms with Gasteiger partial charge in [-0.05, 0) is 37.0 Å². The summed E-state index contributed by atoms with van der Waals surface area (Å²) in [6.07, 6.45) is 0.323. The van der Waals surface area contributed by atoms with E-state index in [4.69, 9.17) is 0 Å². The Morgan fingerprint density at radius 3 is 2.63 bits per heavy atom. The highest BCUT2D eigenvalue weighted by Crippen LogP contribution is 2.15. The van der Waals surface area contributed by atoms with Crippen LogP contribution in [0.1, 0.15) is 29.5 Å². The number of carbonyl (C=O) groups is 4. The number of hydrogen-bond acceptors (Lipinski definition) is 4. The maximum Gasteiger partial charge on any atom is 0.322 e. The average Bonchev–Trinajstić information content (AvgIpc) is 2.79. The normalized spacial score (nSPS) is 20.8. The predicted octanol–water partition coefficient (Wildman–Crippen LogP) is 0.462. The van der Waals surface area contributed by atoms with E-state index in [1.807, 2.05) is 26.0 Å². The van der Waals surface area contributed by atoms with Crippen molar-refractivity contribution in [1.82, 2.24) is 20.4 Å². The summed E-state index contributed by atoms with van der Waals surface area (Å²) < 4.78 is 0. The van der Waals surface area contributed by atoms with E-state index in [-0.39, 0.29) is 31.2 Å². The third kappa shape index (κ3) is 4.45. The Bertz CT molecular complexity index is 792. The second kappa shape index (κ2) is 7.77. The molecule has 1 atom stereocenters. The molecule has 0 spiro atoms. The Kier molecular flexibility index (Phi) is 5.43. The highest BCUT2D eigenvalue weighted by Gasteiger charge is 2.33. The van der Waals surface area contributed by atoms with Gasteiger partial charge in [0, 0.05) is 26.1 Å². The van der Waals surface area contributed by atoms with Gasteiger partial charge in [0.25, 0.3) is 0 Å². The monoisotopic (exact) mass is 372 g/mol. The zero-order valence-electron chi connectivity index (χ0n) is 15.6. The van der Waals surface area contributed by atoms with Crippen LogP contribution in [-0.4, -0.2) is 59.2 Å². The number of piperazine rings is 1. The van der Waals surface area contributed by atoms with Crippen LogP contribution >= 0.6 is 0 Å². The smallest absolute Gasteiger partial charge is 0.322 e. The third-order valence-electron chi connectivity index (χ3n) is 5.09. The van der Waals surface area contributed by atoms with E-state index in [2.05, 4.69) is 16.7 Å². The van der Waals surface area contributed by atoms with Crippen LogP contribution in [0.3, 0.4) is 0 Å². The van der Waals surface area contributed by atoms with Crippen LogP contribution in [0.2, 0.25) is 0 Å². The van der Waals surface area contributed by atoms with Gasteiger partial charge in [-0.3, -0.25) is 19.7 Å². The van der Waals surface area contributed by atoms with Crippen molar-refractivity contribution in [2.45, 2.75) is 39.3 Å². The fraction of sp³-hybridized carbons (Fsp3) is 0.474. The lowest BCUT2D eigenvalue weighted by molar-refractivity contribution is -0.146. The third-order valence-corrected chi connectivity index (χ3v) is 5.09. The summed E-state index contributed by atoms with van der Waals surface area (Å²) in [5, 5.41) is 4.64. The molecule has 8 nitrogen and oxygen atoms in total. The van der Waals surface area contributed by atoms with E-state index in [1.165, 1.54) is 16.0 Å². The number of urea groups is 1. The van der Waals surface area contributed by atoms with Crippen molar-refractivity contribution in [3.63, 3.8) is 0 Å². The molecule has 2 saturated heterocycles. The molecule has 0 bridgehead atoms. The maximum absolute atomic E-state index is 12.7. The number of nitrogens with zero attached hydrogens (tertiary/aromatic N) is 2. The Balaban J connectivity index is 1.59. The van der Waals surface area contributed by atoms with Gasteiger partial charge in [-0.1, -0.05) is 18.2 Å². The van der Waals surface area contributed by atoms with Crippen molar-refractivity contribution in [2.24, 2.45) is 0 Å². The molecule has 1 aromatic carbocycles. The minimum atomic E-state index is -0.782. The van der Waals surface area contributed by atoms with Gasteiger partial charge in [-0.2, -0.15) is 0 Å². The first kappa shape index (κ1) is 18.9. The van der Waals surface area contributed by atoms with Gasteiger partial charge in [0.15, 0.2) is 0 Å². The van der Waals surface area contributed by atoms with Gasteiger partial charge in [0.2, 0.25) is 17.7 Å². The minimum Gasteiger partial charge on any atom is -0.335 e. The Morgan fingerprint density at radius 1 is 1.15 bits per heavy atom. The number of hydrogen-bond donors (Lipinski definition) is 2. The minimum absolute atomic E-state index is 0.0164. The molecule has 144 valence electrons. The number of carbonyl (C=O) groups excluding carboxylic acids is 4. The number of benzene rings is 1. The summed E-state index contributed by atoms with van der Waals surface area (Å²) in [6, 6.07) is 4.67. The molecule has 1 aromatic rings. The second-order valence-corrected chi connectivity index (χ2v) is 7.11. The van der Waals surface area contributed by atoms with Gasteiger partial charge >= 0.3 is 6.03 Å². The number of rotatable bonds is 3. The van der Waals surface area contributed by atoms with Crippen molar-refractivity contribution in [3.8, 4) is 0 Å². The molecule has 2 aliphatic heterocycles. The van der Waals surface area contributed by atoms with Gasteiger partial charge in [-0.15, -0.1) is 0 Å². The van der Waals surface area contributed by atoms with Crippen molar-refractivity contribution in [2.75, 3.05) is 19.6 Å². The van der Waals surface area contributed by atoms with E-state index >= 15 is 0 Å². The zero-order valence-corrected chi connectivity index (χ0v) is 15.6. The first-order valence-corrected chi connectivity index (χ1v) is 9.06. The topological polar surface area (TPSA) is 98.8 Å². The number of aryl methyl sites for hydroxylation is 2. The highest BCUT2D eigenvalue weighted by atomic mass is 16.2. The number of nitrogens with one attached hydrogen (secondary N) is 2. The lowest BCUT2D eigenvalue weighted by atomic mass is 10.1. The van der Waals surface area contributed by atoms with Gasteiger partial charge in [0.05, 0.1) is 6.54 Å². The molecule has 2 fully saturated rings. The van der Waals surface area contributed by atoms with E-state index in [9.17, 15) is 19.2 Å². The molecule has 0 unspecified atom stereocenters. The fourth-order valence-electron chi connectivity index (χ4n) is 3.32. The molecule has 27 heavy (non-hydrogen) atoms. The molecule has 2 heterocycles. The summed E-state index contributed by atoms with van der Waals surface area (Å²) in [7, 11) is 0. The number of imide groups is 1. The molecule has 0 aromatic heterocycles. The summed E-state index contributed by atoms with van der Waals surface area (Å²) >= 11 is 0. The van der Waals surface area contributed by atoms with Gasteiger partial charge < -0.3 is 15.1 Å². The first-order valence-electron chi connectivity index (χ1n) is 9.06. The fourth-order valence-corrected chi connectivity index (χ4v) is 3.32. The average molecular weight is 372 g/mol. The van der Waals surface area contributed by atoms with Crippen LogP contribution < -0.4 is 10.6 Å². The van der Waals surface area contributed by atoms with E-state index in [0.29, 0.717) is 19.6 Å². The Labute approximate surface area is 157 Å². The molecule has 0 aliphatic carbocycles. The molecule has 0 saturated carbocycles. The summed E-state index contributed by atoms with van der Waals surface area (Å²) in [5.41, 5.74) is 3.45. The van der Waals surface area contributed by atoms with Crippen LogP contribution in [0.5, 0.6) is 0 Å². The largest absolute Gasteiger partial charge is 0.335 e. The molecule has 2 aliphatic rings. The Morgan fingerprint density at radius 2 is 1.93 bits per heavy atom. The molecule has 3 rings (SSSR count). The lowest BCUT2D eigenvalue weighted by Crippen LogP contribution is -2.57. The Hall–Kier alpha value is -2.90. The molecule has 5 amide bonds. The van der Waals surface area contributed by atoms with Gasteiger partial charge in [0.1, 0.15) is 6.04 Å². The van der Waals surface area contributed by atoms with Gasteiger partial charge in [-0.25, -0.2) is 4.79 Å². The van der Waals surface area contributed by atoms with Crippen LogP contribution in [0.25, 0.3) is 0 Å². The number of amides is 5. The standard InChI is InChI=1S/C19H24N4O4/c1-12-3-4-14(9-13(12)2)10-22-7-8-23(11-17(22)25)18(26)15-5-6-16(24)21-19(27)20-15/h3-4,9,15H,5-8,10-11H2,1-2H3,(H2,20,21,24,27)/t15-/m0/s1. The van der Waals surface area contributed by atoms with Crippen molar-refractivity contribution < 1.29 is 19.2 Å².